The predicted octanol–water partition coefficient (Wildman–Crippen LogP) is 1.66. The van der Waals surface area contributed by atoms with Gasteiger partial charge in [0.2, 0.25) is 0 Å². The van der Waals surface area contributed by atoms with Crippen LogP contribution < -0.4 is 10.9 Å². The van der Waals surface area contributed by atoms with Crippen molar-refractivity contribution < 1.29 is 4.74 Å². The van der Waals surface area contributed by atoms with Crippen LogP contribution >= 0.6 is 11.8 Å². The van der Waals surface area contributed by atoms with Gasteiger partial charge in [-0.25, -0.2) is 4.68 Å². The fourth-order valence-electron chi connectivity index (χ4n) is 4.43. The Morgan fingerprint density at radius 1 is 1.22 bits per heavy atom. The number of nitrogens with one attached hydrogen (secondary N) is 1. The van der Waals surface area contributed by atoms with Crippen LogP contribution in [0.3, 0.4) is 0 Å². The van der Waals surface area contributed by atoms with E-state index in [1.165, 1.54) is 43.6 Å². The van der Waals surface area contributed by atoms with E-state index in [4.69, 9.17) is 4.74 Å². The molecule has 3 aliphatic rings. The first-order valence-electron chi connectivity index (χ1n) is 10.5. The Kier molecular flexibility index (Phi) is 6.87. The first-order valence-corrected chi connectivity index (χ1v) is 11.7. The number of fused-ring (bicyclic) bond motifs is 1. The number of likely N-dealkylation sites (tertiary alicyclic amines) is 1. The third-order valence-corrected chi connectivity index (χ3v) is 7.17. The first kappa shape index (κ1) is 19.4. The molecule has 2 fully saturated rings. The van der Waals surface area contributed by atoms with Crippen LogP contribution in [0.25, 0.3) is 0 Å². The largest absolute Gasteiger partial charge is 0.376 e. The van der Waals surface area contributed by atoms with Crippen LogP contribution in [-0.4, -0.2) is 64.5 Å². The van der Waals surface area contributed by atoms with E-state index < -0.39 is 0 Å². The van der Waals surface area contributed by atoms with E-state index in [1.54, 1.807) is 10.7 Å². The van der Waals surface area contributed by atoms with Crippen LogP contribution in [0.5, 0.6) is 0 Å². The van der Waals surface area contributed by atoms with Crippen LogP contribution in [0, 0.1) is 0 Å². The molecule has 7 heteroatoms. The Balaban J connectivity index is 1.33. The maximum atomic E-state index is 12.4. The fraction of sp³-hybridized carbons (Fsp3) is 0.800. The average molecular weight is 393 g/mol. The third-order valence-electron chi connectivity index (χ3n) is 6.12. The number of ether oxygens (including phenoxy) is 1. The van der Waals surface area contributed by atoms with Crippen LogP contribution in [0.4, 0.5) is 0 Å². The molecule has 4 heterocycles. The Bertz CT molecular complexity index is 674. The van der Waals surface area contributed by atoms with Gasteiger partial charge in [0.25, 0.3) is 5.56 Å². The molecular weight excluding hydrogens is 360 g/mol. The van der Waals surface area contributed by atoms with Gasteiger partial charge in [0.15, 0.2) is 0 Å². The zero-order valence-electron chi connectivity index (χ0n) is 16.2. The second-order valence-electron chi connectivity index (χ2n) is 7.96. The molecule has 1 unspecified atom stereocenters. The molecule has 0 aliphatic carbocycles. The van der Waals surface area contributed by atoms with Gasteiger partial charge in [-0.3, -0.25) is 9.69 Å². The van der Waals surface area contributed by atoms with E-state index in [0.29, 0.717) is 31.8 Å². The number of piperidine rings is 1. The van der Waals surface area contributed by atoms with Crippen molar-refractivity contribution in [2.75, 3.05) is 37.7 Å². The van der Waals surface area contributed by atoms with Gasteiger partial charge < -0.3 is 10.1 Å². The molecule has 0 bridgehead atoms. The molecule has 2 saturated heterocycles. The number of thioether (sulfide) groups is 1. The molecule has 1 aromatic rings. The molecule has 0 spiro atoms. The zero-order chi connectivity index (χ0) is 18.5. The minimum Gasteiger partial charge on any atom is -0.376 e. The number of aromatic nitrogens is 2. The average Bonchev–Trinajstić information content (AvgIpc) is 2.72. The topological polar surface area (TPSA) is 59.4 Å². The van der Waals surface area contributed by atoms with Crippen molar-refractivity contribution in [3.8, 4) is 0 Å². The van der Waals surface area contributed by atoms with E-state index >= 15 is 0 Å². The van der Waals surface area contributed by atoms with Gasteiger partial charge in [-0.2, -0.15) is 16.9 Å². The van der Waals surface area contributed by atoms with Crippen molar-refractivity contribution in [2.45, 2.75) is 63.8 Å². The quantitative estimate of drug-likeness (QED) is 0.795. The van der Waals surface area contributed by atoms with Crippen molar-refractivity contribution in [3.63, 3.8) is 0 Å². The van der Waals surface area contributed by atoms with Gasteiger partial charge in [0, 0.05) is 43.2 Å². The molecule has 3 aliphatic heterocycles. The molecule has 6 nitrogen and oxygen atoms in total. The summed E-state index contributed by atoms with van der Waals surface area (Å²) in [6.45, 7) is 5.05. The highest BCUT2D eigenvalue weighted by molar-refractivity contribution is 7.99. The van der Waals surface area contributed by atoms with Crippen molar-refractivity contribution in [1.29, 1.82) is 0 Å². The molecule has 150 valence electrons. The highest BCUT2D eigenvalue weighted by Crippen LogP contribution is 2.20. The summed E-state index contributed by atoms with van der Waals surface area (Å²) in [4.78, 5) is 15.0. The number of rotatable bonds is 6. The molecule has 4 rings (SSSR count). The summed E-state index contributed by atoms with van der Waals surface area (Å²) in [7, 11) is 0. The fourth-order valence-corrected chi connectivity index (χ4v) is 5.53. The van der Waals surface area contributed by atoms with Crippen molar-refractivity contribution in [1.82, 2.24) is 20.0 Å². The Labute approximate surface area is 166 Å². The second kappa shape index (κ2) is 9.54. The highest BCUT2D eigenvalue weighted by Gasteiger charge is 2.24. The summed E-state index contributed by atoms with van der Waals surface area (Å²) in [5.74, 6) is 2.59. The standard InChI is InChI=1S/C20H32N4O2S/c25-20-13-16-15-26-10-4-19(16)22-24(20)9-8-23-7-2-1-3-18(23)14-21-17-5-11-27-12-6-17/h13,17-18,21H,1-12,14-15H2. The summed E-state index contributed by atoms with van der Waals surface area (Å²) in [6.07, 6.45) is 7.26. The summed E-state index contributed by atoms with van der Waals surface area (Å²) in [5, 5.41) is 8.44. The Morgan fingerprint density at radius 3 is 3.00 bits per heavy atom. The molecular formula is C20H32N4O2S. The predicted molar refractivity (Wildman–Crippen MR) is 109 cm³/mol. The lowest BCUT2D eigenvalue weighted by Gasteiger charge is -2.37. The van der Waals surface area contributed by atoms with Crippen LogP contribution in [-0.2, 0) is 24.3 Å². The summed E-state index contributed by atoms with van der Waals surface area (Å²) in [6, 6.07) is 3.01. The first-order chi connectivity index (χ1) is 13.3. The van der Waals surface area contributed by atoms with Crippen molar-refractivity contribution >= 4 is 11.8 Å². The minimum absolute atomic E-state index is 0.00522. The van der Waals surface area contributed by atoms with Crippen LogP contribution in [0.2, 0.25) is 0 Å². The SMILES string of the molecule is O=c1cc2c(nn1CCN1CCCCC1CNC1CCSCC1)CCOC2. The summed E-state index contributed by atoms with van der Waals surface area (Å²) in [5.41, 5.74) is 2.01. The van der Waals surface area contributed by atoms with Gasteiger partial charge >= 0.3 is 0 Å². The van der Waals surface area contributed by atoms with Crippen molar-refractivity contribution in [3.05, 3.63) is 27.7 Å². The summed E-state index contributed by atoms with van der Waals surface area (Å²) < 4.78 is 7.10. The molecule has 0 saturated carbocycles. The van der Waals surface area contributed by atoms with Gasteiger partial charge in [0.1, 0.15) is 0 Å². The third kappa shape index (κ3) is 5.13. The van der Waals surface area contributed by atoms with Crippen molar-refractivity contribution in [2.24, 2.45) is 0 Å². The molecule has 1 atom stereocenters. The second-order valence-corrected chi connectivity index (χ2v) is 9.19. The minimum atomic E-state index is 0.00522. The van der Waals surface area contributed by atoms with E-state index in [9.17, 15) is 4.79 Å². The molecule has 0 radical (unpaired) electrons. The van der Waals surface area contributed by atoms with E-state index in [-0.39, 0.29) is 5.56 Å². The maximum absolute atomic E-state index is 12.4. The molecule has 0 aromatic carbocycles. The van der Waals surface area contributed by atoms with Gasteiger partial charge in [-0.05, 0) is 43.7 Å². The lowest BCUT2D eigenvalue weighted by atomic mass is 10.0. The molecule has 27 heavy (non-hydrogen) atoms. The van der Waals surface area contributed by atoms with Gasteiger partial charge in [-0.15, -0.1) is 0 Å². The lowest BCUT2D eigenvalue weighted by molar-refractivity contribution is 0.107. The number of hydrogen-bond acceptors (Lipinski definition) is 6. The number of nitrogens with zero attached hydrogens (tertiary/aromatic N) is 3. The monoisotopic (exact) mass is 392 g/mol. The van der Waals surface area contributed by atoms with E-state index in [1.807, 2.05) is 0 Å². The highest BCUT2D eigenvalue weighted by atomic mass is 32.2. The Hall–Kier alpha value is -0.890. The van der Waals surface area contributed by atoms with Crippen LogP contribution in [0.15, 0.2) is 10.9 Å². The van der Waals surface area contributed by atoms with Crippen LogP contribution in [0.1, 0.15) is 43.4 Å². The van der Waals surface area contributed by atoms with Gasteiger partial charge in [0.05, 0.1) is 25.5 Å². The molecule has 1 aromatic heterocycles. The Morgan fingerprint density at radius 2 is 2.11 bits per heavy atom. The molecule has 1 N–H and O–H groups in total. The van der Waals surface area contributed by atoms with E-state index in [2.05, 4.69) is 27.1 Å². The maximum Gasteiger partial charge on any atom is 0.267 e. The zero-order valence-corrected chi connectivity index (χ0v) is 17.0. The number of hydrogen-bond donors (Lipinski definition) is 1. The van der Waals surface area contributed by atoms with E-state index in [0.717, 1.165) is 37.3 Å². The van der Waals surface area contributed by atoms with Gasteiger partial charge in [-0.1, -0.05) is 6.42 Å². The molecule has 0 amide bonds. The lowest BCUT2D eigenvalue weighted by Crippen LogP contribution is -2.49. The summed E-state index contributed by atoms with van der Waals surface area (Å²) >= 11 is 2.08. The smallest absolute Gasteiger partial charge is 0.267 e. The normalized spacial score (nSPS) is 24.7.